The topological polar surface area (TPSA) is 32.3 Å². The molecule has 0 bridgehead atoms. The summed E-state index contributed by atoms with van der Waals surface area (Å²) in [5.74, 6) is -0.195. The van der Waals surface area contributed by atoms with Crippen LogP contribution in [-0.2, 0) is 11.0 Å². The maximum atomic E-state index is 12.9. The molecule has 3 nitrogen and oxygen atoms in total. The number of hydrogen-bond acceptors (Lipinski definition) is 2. The summed E-state index contributed by atoms with van der Waals surface area (Å²) in [6.45, 7) is 3.09. The van der Waals surface area contributed by atoms with Crippen LogP contribution in [0.2, 0.25) is 5.02 Å². The molecule has 1 aliphatic rings. The molecule has 21 heavy (non-hydrogen) atoms. The van der Waals surface area contributed by atoms with E-state index in [0.29, 0.717) is 19.5 Å². The third-order valence-electron chi connectivity index (χ3n) is 3.41. The number of carbonyl (C=O) groups is 1. The number of anilines is 1. The van der Waals surface area contributed by atoms with Gasteiger partial charge in [0.1, 0.15) is 0 Å². The minimum atomic E-state index is -4.53. The summed E-state index contributed by atoms with van der Waals surface area (Å²) in [5.41, 5.74) is -0.683. The van der Waals surface area contributed by atoms with Crippen molar-refractivity contribution in [3.63, 3.8) is 0 Å². The molecule has 1 aromatic carbocycles. The number of halogens is 4. The second-order valence-corrected chi connectivity index (χ2v) is 5.35. The smallest absolute Gasteiger partial charge is 0.311 e. The summed E-state index contributed by atoms with van der Waals surface area (Å²) in [5, 5.41) is 2.74. The normalized spacial score (nSPS) is 19.4. The lowest BCUT2D eigenvalue weighted by atomic mass is 10.2. The van der Waals surface area contributed by atoms with Gasteiger partial charge in [-0.15, -0.1) is 0 Å². The molecule has 1 N–H and O–H groups in total. The van der Waals surface area contributed by atoms with Crippen molar-refractivity contribution in [2.45, 2.75) is 32.0 Å². The molecule has 1 saturated heterocycles. The quantitative estimate of drug-likeness (QED) is 0.921. The Morgan fingerprint density at radius 1 is 1.43 bits per heavy atom. The lowest BCUT2D eigenvalue weighted by Crippen LogP contribution is -2.38. The zero-order valence-electron chi connectivity index (χ0n) is 11.5. The van der Waals surface area contributed by atoms with Crippen LogP contribution in [0.5, 0.6) is 0 Å². The van der Waals surface area contributed by atoms with Gasteiger partial charge in [0.2, 0.25) is 5.91 Å². The largest absolute Gasteiger partial charge is 0.417 e. The van der Waals surface area contributed by atoms with E-state index in [9.17, 15) is 18.0 Å². The van der Waals surface area contributed by atoms with E-state index in [1.54, 1.807) is 0 Å². The van der Waals surface area contributed by atoms with Crippen molar-refractivity contribution in [3.8, 4) is 0 Å². The summed E-state index contributed by atoms with van der Waals surface area (Å²) in [6, 6.07) is 3.23. The zero-order chi connectivity index (χ0) is 15.6. The molecule has 0 radical (unpaired) electrons. The van der Waals surface area contributed by atoms with Crippen molar-refractivity contribution in [3.05, 3.63) is 28.8 Å². The molecule has 116 valence electrons. The van der Waals surface area contributed by atoms with Crippen LogP contribution in [0.3, 0.4) is 0 Å². The first-order chi connectivity index (χ1) is 9.84. The van der Waals surface area contributed by atoms with E-state index in [0.717, 1.165) is 12.5 Å². The summed E-state index contributed by atoms with van der Waals surface area (Å²) in [7, 11) is 0. The summed E-state index contributed by atoms with van der Waals surface area (Å²) >= 11 is 5.59. The van der Waals surface area contributed by atoms with Crippen LogP contribution in [-0.4, -0.2) is 25.0 Å². The zero-order valence-corrected chi connectivity index (χ0v) is 12.3. The Kier molecular flexibility index (Phi) is 4.78. The first-order valence-corrected chi connectivity index (χ1v) is 7.14. The first kappa shape index (κ1) is 16.1. The molecule has 0 spiro atoms. The molecule has 1 fully saturated rings. The Morgan fingerprint density at radius 2 is 2.14 bits per heavy atom. The third-order valence-corrected chi connectivity index (χ3v) is 3.74. The van der Waals surface area contributed by atoms with Crippen LogP contribution in [0.25, 0.3) is 0 Å². The molecule has 1 heterocycles. The fourth-order valence-electron chi connectivity index (χ4n) is 2.34. The van der Waals surface area contributed by atoms with E-state index in [4.69, 9.17) is 11.6 Å². The second kappa shape index (κ2) is 6.23. The van der Waals surface area contributed by atoms with E-state index < -0.39 is 11.7 Å². The van der Waals surface area contributed by atoms with E-state index in [1.165, 1.54) is 17.0 Å². The standard InChI is InChI=1S/C14H16ClF3N2O/c1-2-6-19-12-5-7-20(13(12)21)9-3-4-11(15)10(8-9)14(16,17)18/h3-4,8,12,19H,2,5-7H2,1H3. The minimum absolute atomic E-state index is 0.195. The summed E-state index contributed by atoms with van der Waals surface area (Å²) in [6.07, 6.45) is -3.05. The predicted octanol–water partition coefficient (Wildman–Crippen LogP) is 3.46. The van der Waals surface area contributed by atoms with Gasteiger partial charge in [-0.1, -0.05) is 18.5 Å². The lowest BCUT2D eigenvalue weighted by Gasteiger charge is -2.19. The molecule has 7 heteroatoms. The van der Waals surface area contributed by atoms with Crippen molar-refractivity contribution in [2.75, 3.05) is 18.0 Å². The van der Waals surface area contributed by atoms with Gasteiger partial charge >= 0.3 is 6.18 Å². The van der Waals surface area contributed by atoms with Gasteiger partial charge in [0.05, 0.1) is 16.6 Å². The molecular formula is C14H16ClF3N2O. The van der Waals surface area contributed by atoms with Gasteiger partial charge in [0.25, 0.3) is 0 Å². The van der Waals surface area contributed by atoms with Crippen molar-refractivity contribution < 1.29 is 18.0 Å². The van der Waals surface area contributed by atoms with Gasteiger partial charge in [-0.25, -0.2) is 0 Å². The number of alkyl halides is 3. The van der Waals surface area contributed by atoms with E-state index in [-0.39, 0.29) is 22.7 Å². The van der Waals surface area contributed by atoms with Gasteiger partial charge in [0.15, 0.2) is 0 Å². The van der Waals surface area contributed by atoms with Crippen LogP contribution in [0, 0.1) is 0 Å². The number of amides is 1. The average molecular weight is 321 g/mol. The lowest BCUT2D eigenvalue weighted by molar-refractivity contribution is -0.137. The van der Waals surface area contributed by atoms with Gasteiger partial charge < -0.3 is 10.2 Å². The highest BCUT2D eigenvalue weighted by Crippen LogP contribution is 2.37. The van der Waals surface area contributed by atoms with Crippen LogP contribution in [0.1, 0.15) is 25.3 Å². The Morgan fingerprint density at radius 3 is 2.76 bits per heavy atom. The Balaban J connectivity index is 2.22. The average Bonchev–Trinajstić information content (AvgIpc) is 2.77. The van der Waals surface area contributed by atoms with Crippen molar-refractivity contribution in [1.29, 1.82) is 0 Å². The van der Waals surface area contributed by atoms with Crippen molar-refractivity contribution in [1.82, 2.24) is 5.32 Å². The predicted molar refractivity (Wildman–Crippen MR) is 75.5 cm³/mol. The molecule has 0 saturated carbocycles. The maximum Gasteiger partial charge on any atom is 0.417 e. The number of nitrogens with zero attached hydrogens (tertiary/aromatic N) is 1. The monoisotopic (exact) mass is 320 g/mol. The number of nitrogens with one attached hydrogen (secondary N) is 1. The minimum Gasteiger partial charge on any atom is -0.311 e. The molecule has 2 rings (SSSR count). The fraction of sp³-hybridized carbons (Fsp3) is 0.500. The third kappa shape index (κ3) is 3.49. The molecule has 0 aromatic heterocycles. The molecule has 1 amide bonds. The van der Waals surface area contributed by atoms with Gasteiger partial charge in [-0.05, 0) is 37.6 Å². The highest BCUT2D eigenvalue weighted by molar-refractivity contribution is 6.31. The van der Waals surface area contributed by atoms with E-state index in [2.05, 4.69) is 5.32 Å². The van der Waals surface area contributed by atoms with Crippen molar-refractivity contribution in [2.24, 2.45) is 0 Å². The molecule has 1 unspecified atom stereocenters. The van der Waals surface area contributed by atoms with Crippen LogP contribution >= 0.6 is 11.6 Å². The molecule has 1 aliphatic heterocycles. The van der Waals surface area contributed by atoms with Crippen molar-refractivity contribution >= 4 is 23.2 Å². The van der Waals surface area contributed by atoms with Gasteiger partial charge in [-0.3, -0.25) is 4.79 Å². The SMILES string of the molecule is CCCNC1CCN(c2ccc(Cl)c(C(F)(F)F)c2)C1=O. The van der Waals surface area contributed by atoms with E-state index >= 15 is 0 Å². The Bertz CT molecular complexity index is 533. The van der Waals surface area contributed by atoms with Crippen LogP contribution in [0.4, 0.5) is 18.9 Å². The second-order valence-electron chi connectivity index (χ2n) is 4.95. The number of carbonyl (C=O) groups excluding carboxylic acids is 1. The molecule has 1 atom stereocenters. The number of rotatable bonds is 4. The first-order valence-electron chi connectivity index (χ1n) is 6.76. The van der Waals surface area contributed by atoms with Crippen LogP contribution in [0.15, 0.2) is 18.2 Å². The number of hydrogen-bond donors (Lipinski definition) is 1. The van der Waals surface area contributed by atoms with Gasteiger partial charge in [-0.2, -0.15) is 13.2 Å². The number of benzene rings is 1. The van der Waals surface area contributed by atoms with E-state index in [1.807, 2.05) is 6.92 Å². The highest BCUT2D eigenvalue weighted by Gasteiger charge is 2.36. The highest BCUT2D eigenvalue weighted by atomic mass is 35.5. The molecule has 1 aromatic rings. The summed E-state index contributed by atoms with van der Waals surface area (Å²) < 4.78 is 38.6. The fourth-order valence-corrected chi connectivity index (χ4v) is 2.57. The van der Waals surface area contributed by atoms with Gasteiger partial charge in [0, 0.05) is 12.2 Å². The van der Waals surface area contributed by atoms with Crippen LogP contribution < -0.4 is 10.2 Å². The Hall–Kier alpha value is -1.27. The molecule has 0 aliphatic carbocycles. The maximum absolute atomic E-state index is 12.9. The molecular weight excluding hydrogens is 305 g/mol. The summed E-state index contributed by atoms with van der Waals surface area (Å²) in [4.78, 5) is 13.6. The Labute approximate surface area is 126 Å².